The van der Waals surface area contributed by atoms with Gasteiger partial charge in [-0.25, -0.2) is 13.8 Å². The van der Waals surface area contributed by atoms with E-state index in [1.807, 2.05) is 16.8 Å². The Labute approximate surface area is 165 Å². The SMILES string of the molecule is C=Cc1nc2c(OCc3c(F)cccc3F)cccn2c1-c1cnn(CC=N)c1. The second-order valence-electron chi connectivity index (χ2n) is 6.26. The molecule has 0 atom stereocenters. The monoisotopic (exact) mass is 393 g/mol. The van der Waals surface area contributed by atoms with Crippen LogP contribution in [0.1, 0.15) is 11.3 Å². The Balaban J connectivity index is 1.74. The highest BCUT2D eigenvalue weighted by Gasteiger charge is 2.17. The summed E-state index contributed by atoms with van der Waals surface area (Å²) >= 11 is 0. The molecule has 8 heteroatoms. The number of nitrogens with one attached hydrogen (secondary N) is 1. The van der Waals surface area contributed by atoms with Crippen LogP contribution < -0.4 is 4.74 Å². The molecule has 0 aliphatic heterocycles. The van der Waals surface area contributed by atoms with E-state index in [2.05, 4.69) is 16.7 Å². The lowest BCUT2D eigenvalue weighted by molar-refractivity contribution is 0.294. The van der Waals surface area contributed by atoms with Crippen molar-refractivity contribution >= 4 is 17.9 Å². The first kappa shape index (κ1) is 18.5. The minimum atomic E-state index is -0.661. The van der Waals surface area contributed by atoms with Gasteiger partial charge >= 0.3 is 0 Å². The molecule has 0 unspecified atom stereocenters. The zero-order valence-corrected chi connectivity index (χ0v) is 15.3. The van der Waals surface area contributed by atoms with Gasteiger partial charge in [0.25, 0.3) is 0 Å². The minimum absolute atomic E-state index is 0.141. The van der Waals surface area contributed by atoms with Gasteiger partial charge in [-0.1, -0.05) is 12.6 Å². The molecule has 0 spiro atoms. The van der Waals surface area contributed by atoms with E-state index in [0.29, 0.717) is 23.6 Å². The fourth-order valence-corrected chi connectivity index (χ4v) is 3.10. The number of pyridine rings is 1. The first-order valence-electron chi connectivity index (χ1n) is 8.83. The number of rotatable bonds is 7. The van der Waals surface area contributed by atoms with Crippen LogP contribution in [0.25, 0.3) is 23.0 Å². The van der Waals surface area contributed by atoms with Crippen LogP contribution in [0.2, 0.25) is 0 Å². The second kappa shape index (κ2) is 7.67. The average Bonchev–Trinajstić information content (AvgIpc) is 3.32. The minimum Gasteiger partial charge on any atom is -0.485 e. The lowest BCUT2D eigenvalue weighted by Gasteiger charge is -2.09. The molecule has 0 aliphatic carbocycles. The Morgan fingerprint density at radius 3 is 2.69 bits per heavy atom. The third kappa shape index (κ3) is 3.40. The van der Waals surface area contributed by atoms with Crippen molar-refractivity contribution in [1.29, 1.82) is 5.41 Å². The van der Waals surface area contributed by atoms with E-state index in [4.69, 9.17) is 10.1 Å². The molecule has 146 valence electrons. The molecule has 0 aliphatic rings. The van der Waals surface area contributed by atoms with Gasteiger partial charge in [0.2, 0.25) is 0 Å². The van der Waals surface area contributed by atoms with Gasteiger partial charge < -0.3 is 10.1 Å². The highest BCUT2D eigenvalue weighted by Crippen LogP contribution is 2.30. The van der Waals surface area contributed by atoms with Crippen LogP contribution >= 0.6 is 0 Å². The standard InChI is InChI=1S/C21H17F2N5O/c1-2-18-20(14-11-25-27(12-14)10-8-24)28-9-4-7-19(21(28)26-18)29-13-15-16(22)5-3-6-17(15)23/h2-9,11-12,24H,1,10,13H2. The number of hydrogen-bond acceptors (Lipinski definition) is 4. The molecule has 0 saturated carbocycles. The largest absolute Gasteiger partial charge is 0.485 e. The summed E-state index contributed by atoms with van der Waals surface area (Å²) in [7, 11) is 0. The van der Waals surface area contributed by atoms with Crippen LogP contribution in [0.3, 0.4) is 0 Å². The summed E-state index contributed by atoms with van der Waals surface area (Å²) in [6, 6.07) is 7.15. The Bertz CT molecular complexity index is 1190. The number of fused-ring (bicyclic) bond motifs is 1. The molecule has 0 saturated heterocycles. The van der Waals surface area contributed by atoms with Gasteiger partial charge in [-0.3, -0.25) is 9.08 Å². The number of benzene rings is 1. The molecule has 1 aromatic carbocycles. The van der Waals surface area contributed by atoms with Crippen molar-refractivity contribution in [3.8, 4) is 17.0 Å². The fourth-order valence-electron chi connectivity index (χ4n) is 3.10. The summed E-state index contributed by atoms with van der Waals surface area (Å²) in [6.07, 6.45) is 8.19. The zero-order valence-electron chi connectivity index (χ0n) is 15.3. The summed E-state index contributed by atoms with van der Waals surface area (Å²) in [5.74, 6) is -0.936. The predicted molar refractivity (Wildman–Crippen MR) is 106 cm³/mol. The van der Waals surface area contributed by atoms with E-state index < -0.39 is 11.6 Å². The van der Waals surface area contributed by atoms with E-state index in [9.17, 15) is 8.78 Å². The van der Waals surface area contributed by atoms with Gasteiger partial charge in [-0.15, -0.1) is 0 Å². The van der Waals surface area contributed by atoms with E-state index in [-0.39, 0.29) is 12.2 Å². The molecule has 3 aromatic heterocycles. The molecule has 3 heterocycles. The lowest BCUT2D eigenvalue weighted by Crippen LogP contribution is -2.03. The van der Waals surface area contributed by atoms with E-state index >= 15 is 0 Å². The number of hydrogen-bond donors (Lipinski definition) is 1. The first-order valence-corrected chi connectivity index (χ1v) is 8.83. The highest BCUT2D eigenvalue weighted by molar-refractivity contribution is 5.75. The summed E-state index contributed by atoms with van der Waals surface area (Å²) in [5.41, 5.74) is 2.53. The van der Waals surface area contributed by atoms with Gasteiger partial charge in [-0.05, 0) is 30.3 Å². The fraction of sp³-hybridized carbons (Fsp3) is 0.0952. The van der Waals surface area contributed by atoms with Gasteiger partial charge in [-0.2, -0.15) is 5.10 Å². The number of halogens is 2. The molecule has 1 N–H and O–H groups in total. The van der Waals surface area contributed by atoms with Crippen molar-refractivity contribution in [1.82, 2.24) is 19.2 Å². The van der Waals surface area contributed by atoms with Crippen LogP contribution in [0, 0.1) is 17.0 Å². The normalized spacial score (nSPS) is 11.0. The molecular weight excluding hydrogens is 376 g/mol. The van der Waals surface area contributed by atoms with Crippen molar-refractivity contribution in [2.45, 2.75) is 13.2 Å². The number of aromatic nitrogens is 4. The van der Waals surface area contributed by atoms with E-state index in [1.165, 1.54) is 24.4 Å². The molecule has 0 bridgehead atoms. The summed E-state index contributed by atoms with van der Waals surface area (Å²) < 4.78 is 37.0. The zero-order chi connectivity index (χ0) is 20.4. The van der Waals surface area contributed by atoms with Crippen LogP contribution in [-0.4, -0.2) is 25.4 Å². The van der Waals surface area contributed by atoms with Gasteiger partial charge in [0.05, 0.1) is 29.7 Å². The summed E-state index contributed by atoms with van der Waals surface area (Å²) in [5, 5.41) is 11.5. The van der Waals surface area contributed by atoms with Crippen molar-refractivity contribution < 1.29 is 13.5 Å². The Morgan fingerprint density at radius 2 is 1.97 bits per heavy atom. The Hall–Kier alpha value is -3.81. The van der Waals surface area contributed by atoms with Crippen LogP contribution in [-0.2, 0) is 13.2 Å². The quantitative estimate of drug-likeness (QED) is 0.475. The number of imidazole rings is 1. The maximum atomic E-state index is 13.9. The van der Waals surface area contributed by atoms with Crippen LogP contribution in [0.15, 0.2) is 55.5 Å². The third-order valence-corrected chi connectivity index (χ3v) is 4.45. The average molecular weight is 393 g/mol. The number of ether oxygens (including phenoxy) is 1. The van der Waals surface area contributed by atoms with Crippen molar-refractivity contribution in [2.24, 2.45) is 0 Å². The van der Waals surface area contributed by atoms with E-state index in [0.717, 1.165) is 11.3 Å². The molecule has 4 aromatic rings. The maximum Gasteiger partial charge on any atom is 0.180 e. The van der Waals surface area contributed by atoms with Crippen molar-refractivity contribution in [2.75, 3.05) is 0 Å². The molecule has 29 heavy (non-hydrogen) atoms. The first-order chi connectivity index (χ1) is 14.1. The topological polar surface area (TPSA) is 68.2 Å². The second-order valence-corrected chi connectivity index (χ2v) is 6.26. The Kier molecular flexibility index (Phi) is 4.90. The molecule has 0 amide bonds. The van der Waals surface area contributed by atoms with Crippen LogP contribution in [0.5, 0.6) is 5.75 Å². The van der Waals surface area contributed by atoms with Gasteiger partial charge in [0.1, 0.15) is 18.2 Å². The summed E-state index contributed by atoms with van der Waals surface area (Å²) in [4.78, 5) is 4.57. The Morgan fingerprint density at radius 1 is 1.17 bits per heavy atom. The molecule has 0 fully saturated rings. The molecular formula is C21H17F2N5O. The van der Waals surface area contributed by atoms with Crippen molar-refractivity contribution in [3.63, 3.8) is 0 Å². The predicted octanol–water partition coefficient (Wildman–Crippen LogP) is 4.35. The summed E-state index contributed by atoms with van der Waals surface area (Å²) in [6.45, 7) is 3.92. The molecule has 6 nitrogen and oxygen atoms in total. The van der Waals surface area contributed by atoms with Crippen molar-refractivity contribution in [3.05, 3.63) is 78.4 Å². The smallest absolute Gasteiger partial charge is 0.180 e. The van der Waals surface area contributed by atoms with Gasteiger partial charge in [0, 0.05) is 24.2 Å². The molecule has 4 rings (SSSR count). The number of nitrogens with zero attached hydrogens (tertiary/aromatic N) is 4. The third-order valence-electron chi connectivity index (χ3n) is 4.45. The highest BCUT2D eigenvalue weighted by atomic mass is 19.1. The maximum absolute atomic E-state index is 13.9. The van der Waals surface area contributed by atoms with Crippen LogP contribution in [0.4, 0.5) is 8.78 Å². The lowest BCUT2D eigenvalue weighted by atomic mass is 10.2. The van der Waals surface area contributed by atoms with Gasteiger partial charge in [0.15, 0.2) is 11.4 Å². The molecule has 0 radical (unpaired) electrons. The van der Waals surface area contributed by atoms with E-state index in [1.54, 1.807) is 29.1 Å².